The number of halogens is 2. The SMILES string of the molecule is O=C1CC=NN1c1cc(S(=O)(=O)O)cc(Cl)c1Cl. The first kappa shape index (κ1) is 13.3. The molecule has 0 aliphatic carbocycles. The highest BCUT2D eigenvalue weighted by Gasteiger charge is 2.25. The summed E-state index contributed by atoms with van der Waals surface area (Å²) >= 11 is 11.6. The summed E-state index contributed by atoms with van der Waals surface area (Å²) in [5.41, 5.74) is 0.00976. The second-order valence-corrected chi connectivity index (χ2v) is 5.63. The number of rotatable bonds is 2. The minimum absolute atomic E-state index is 0.00976. The van der Waals surface area contributed by atoms with Gasteiger partial charge in [0.05, 0.1) is 27.0 Å². The van der Waals surface area contributed by atoms with Gasteiger partial charge in [0, 0.05) is 6.21 Å². The summed E-state index contributed by atoms with van der Waals surface area (Å²) in [4.78, 5) is 11.0. The van der Waals surface area contributed by atoms with Crippen LogP contribution < -0.4 is 5.01 Å². The van der Waals surface area contributed by atoms with Gasteiger partial charge < -0.3 is 0 Å². The van der Waals surface area contributed by atoms with Crippen molar-refractivity contribution in [1.82, 2.24) is 0 Å². The number of carbonyl (C=O) groups is 1. The van der Waals surface area contributed by atoms with Crippen molar-refractivity contribution in [3.05, 3.63) is 22.2 Å². The van der Waals surface area contributed by atoms with E-state index >= 15 is 0 Å². The minimum Gasteiger partial charge on any atom is -0.282 e. The van der Waals surface area contributed by atoms with Crippen LogP contribution in [0.1, 0.15) is 6.42 Å². The van der Waals surface area contributed by atoms with Crippen molar-refractivity contribution < 1.29 is 17.8 Å². The van der Waals surface area contributed by atoms with Crippen molar-refractivity contribution >= 4 is 51.1 Å². The zero-order chi connectivity index (χ0) is 13.5. The average molecular weight is 309 g/mol. The van der Waals surface area contributed by atoms with Gasteiger partial charge in [-0.05, 0) is 12.1 Å². The Morgan fingerprint density at radius 1 is 1.33 bits per heavy atom. The maximum Gasteiger partial charge on any atom is 0.294 e. The molecule has 18 heavy (non-hydrogen) atoms. The fraction of sp³-hybridized carbons (Fsp3) is 0.111. The van der Waals surface area contributed by atoms with Gasteiger partial charge in [0.1, 0.15) is 0 Å². The molecule has 1 amide bonds. The summed E-state index contributed by atoms with van der Waals surface area (Å²) in [5.74, 6) is -0.375. The van der Waals surface area contributed by atoms with E-state index in [4.69, 9.17) is 27.8 Å². The molecule has 0 radical (unpaired) electrons. The molecule has 0 spiro atoms. The number of carbonyl (C=O) groups excluding carboxylic acids is 1. The van der Waals surface area contributed by atoms with Gasteiger partial charge in [-0.15, -0.1) is 0 Å². The van der Waals surface area contributed by atoms with E-state index < -0.39 is 15.0 Å². The summed E-state index contributed by atoms with van der Waals surface area (Å²) < 4.78 is 31.1. The largest absolute Gasteiger partial charge is 0.294 e. The maximum atomic E-state index is 11.5. The molecule has 6 nitrogen and oxygen atoms in total. The number of nitrogens with zero attached hydrogens (tertiary/aromatic N) is 2. The first-order valence-corrected chi connectivity index (χ1v) is 6.82. The van der Waals surface area contributed by atoms with Crippen LogP contribution in [-0.4, -0.2) is 25.1 Å². The molecule has 1 aliphatic heterocycles. The van der Waals surface area contributed by atoms with Gasteiger partial charge in [-0.3, -0.25) is 9.35 Å². The van der Waals surface area contributed by atoms with E-state index in [0.29, 0.717) is 0 Å². The normalized spacial score (nSPS) is 15.5. The lowest BCUT2D eigenvalue weighted by atomic mass is 10.3. The Bertz CT molecular complexity index is 657. The summed E-state index contributed by atoms with van der Waals surface area (Å²) in [6, 6.07) is 2.02. The van der Waals surface area contributed by atoms with E-state index in [0.717, 1.165) is 17.1 Å². The fourth-order valence-corrected chi connectivity index (χ4v) is 2.40. The molecule has 0 fully saturated rings. The lowest BCUT2D eigenvalue weighted by Crippen LogP contribution is -2.20. The van der Waals surface area contributed by atoms with Crippen molar-refractivity contribution in [2.24, 2.45) is 5.10 Å². The first-order chi connectivity index (χ1) is 8.30. The van der Waals surface area contributed by atoms with Crippen molar-refractivity contribution in [3.8, 4) is 0 Å². The predicted molar refractivity (Wildman–Crippen MR) is 66.9 cm³/mol. The molecule has 1 heterocycles. The Morgan fingerprint density at radius 3 is 2.50 bits per heavy atom. The third kappa shape index (κ3) is 2.35. The van der Waals surface area contributed by atoms with Crippen molar-refractivity contribution in [2.45, 2.75) is 11.3 Å². The predicted octanol–water partition coefficient (Wildman–Crippen LogP) is 1.96. The van der Waals surface area contributed by atoms with Gasteiger partial charge in [-0.25, -0.2) is 0 Å². The van der Waals surface area contributed by atoms with Gasteiger partial charge in [-0.1, -0.05) is 23.2 Å². The second-order valence-electron chi connectivity index (χ2n) is 3.42. The number of hydrogen-bond acceptors (Lipinski definition) is 4. The van der Waals surface area contributed by atoms with E-state index in [9.17, 15) is 13.2 Å². The Balaban J connectivity index is 2.63. The lowest BCUT2D eigenvalue weighted by molar-refractivity contribution is -0.116. The second kappa shape index (κ2) is 4.51. The zero-order valence-electron chi connectivity index (χ0n) is 8.67. The van der Waals surface area contributed by atoms with Crippen molar-refractivity contribution in [1.29, 1.82) is 0 Å². The molecule has 0 bridgehead atoms. The topological polar surface area (TPSA) is 87.0 Å². The minimum atomic E-state index is -4.44. The number of anilines is 1. The smallest absolute Gasteiger partial charge is 0.282 e. The van der Waals surface area contributed by atoms with Crippen LogP contribution in [0.15, 0.2) is 22.1 Å². The Hall–Kier alpha value is -1.15. The van der Waals surface area contributed by atoms with Gasteiger partial charge >= 0.3 is 0 Å². The highest BCUT2D eigenvalue weighted by Crippen LogP contribution is 2.36. The van der Waals surface area contributed by atoms with Crippen molar-refractivity contribution in [2.75, 3.05) is 5.01 Å². The van der Waals surface area contributed by atoms with E-state index in [1.807, 2.05) is 0 Å². The molecular weight excluding hydrogens is 303 g/mol. The molecule has 2 rings (SSSR count). The third-order valence-electron chi connectivity index (χ3n) is 2.21. The summed E-state index contributed by atoms with van der Waals surface area (Å²) in [6.07, 6.45) is 1.44. The molecular formula is C9H6Cl2N2O4S. The molecule has 9 heteroatoms. The molecule has 0 aromatic heterocycles. The van der Waals surface area contributed by atoms with Crippen LogP contribution in [0.25, 0.3) is 0 Å². The summed E-state index contributed by atoms with van der Waals surface area (Å²) in [7, 11) is -4.44. The molecule has 96 valence electrons. The quantitative estimate of drug-likeness (QED) is 0.846. The first-order valence-electron chi connectivity index (χ1n) is 4.62. The van der Waals surface area contributed by atoms with Crippen LogP contribution >= 0.6 is 23.2 Å². The maximum absolute atomic E-state index is 11.5. The number of amides is 1. The van der Waals surface area contributed by atoms with E-state index in [-0.39, 0.29) is 28.1 Å². The highest BCUT2D eigenvalue weighted by molar-refractivity contribution is 7.85. The molecule has 0 atom stereocenters. The van der Waals surface area contributed by atoms with E-state index in [1.54, 1.807) is 0 Å². The fourth-order valence-electron chi connectivity index (χ4n) is 1.40. The standard InChI is InChI=1S/C9H6Cl2N2O4S/c10-6-3-5(18(15,16)17)4-7(9(6)11)13-8(14)1-2-12-13/h2-4H,1H2,(H,15,16,17). The van der Waals surface area contributed by atoms with Gasteiger partial charge in [0.15, 0.2) is 0 Å². The number of hydrogen-bond donors (Lipinski definition) is 1. The summed E-state index contributed by atoms with van der Waals surface area (Å²) in [5, 5.41) is 4.57. The Morgan fingerprint density at radius 2 is 2.00 bits per heavy atom. The van der Waals surface area contributed by atoms with Crippen LogP contribution in [-0.2, 0) is 14.9 Å². The van der Waals surface area contributed by atoms with Crippen LogP contribution in [0.3, 0.4) is 0 Å². The van der Waals surface area contributed by atoms with Crippen molar-refractivity contribution in [3.63, 3.8) is 0 Å². The molecule has 1 aromatic carbocycles. The zero-order valence-corrected chi connectivity index (χ0v) is 11.0. The van der Waals surface area contributed by atoms with Crippen LogP contribution in [0, 0.1) is 0 Å². The lowest BCUT2D eigenvalue weighted by Gasteiger charge is -2.15. The monoisotopic (exact) mass is 308 g/mol. The van der Waals surface area contributed by atoms with E-state index in [2.05, 4.69) is 5.10 Å². The molecule has 0 saturated carbocycles. The molecule has 1 N–H and O–H groups in total. The van der Waals surface area contributed by atoms with Gasteiger partial charge in [-0.2, -0.15) is 18.5 Å². The van der Waals surface area contributed by atoms with Crippen LogP contribution in [0.5, 0.6) is 0 Å². The average Bonchev–Trinajstić information content (AvgIpc) is 2.67. The van der Waals surface area contributed by atoms with Gasteiger partial charge in [0.25, 0.3) is 16.0 Å². The molecule has 1 aliphatic rings. The van der Waals surface area contributed by atoms with Crippen LogP contribution in [0.4, 0.5) is 5.69 Å². The Labute approximate surface area is 113 Å². The Kier molecular flexibility index (Phi) is 3.33. The number of hydrazone groups is 1. The van der Waals surface area contributed by atoms with E-state index in [1.165, 1.54) is 6.21 Å². The third-order valence-corrected chi connectivity index (χ3v) is 3.83. The number of benzene rings is 1. The summed E-state index contributed by atoms with van der Waals surface area (Å²) in [6.45, 7) is 0. The molecule has 0 saturated heterocycles. The molecule has 1 aromatic rings. The van der Waals surface area contributed by atoms with Crippen LogP contribution in [0.2, 0.25) is 10.0 Å². The highest BCUT2D eigenvalue weighted by atomic mass is 35.5. The molecule has 0 unspecified atom stereocenters. The van der Waals surface area contributed by atoms with Gasteiger partial charge in [0.2, 0.25) is 0 Å².